The predicted octanol–water partition coefficient (Wildman–Crippen LogP) is 3.64. The van der Waals surface area contributed by atoms with E-state index in [1.807, 2.05) is 43.3 Å². The minimum absolute atomic E-state index is 0.0109. The van der Waals surface area contributed by atoms with Gasteiger partial charge < -0.3 is 0 Å². The second kappa shape index (κ2) is 6.18. The lowest BCUT2D eigenvalue weighted by atomic mass is 9.92. The van der Waals surface area contributed by atoms with Crippen LogP contribution in [0.2, 0.25) is 0 Å². The Balaban J connectivity index is 2.94. The van der Waals surface area contributed by atoms with E-state index in [2.05, 4.69) is 13.8 Å². The van der Waals surface area contributed by atoms with Gasteiger partial charge in [0.1, 0.15) is 0 Å². The number of nitrogens with zero attached hydrogens (tertiary/aromatic N) is 1. The molecule has 1 aromatic carbocycles. The molecular formula is C14H19NO2. The normalized spacial score (nSPS) is 13.8. The topological polar surface area (TPSA) is 43.1 Å². The van der Waals surface area contributed by atoms with Gasteiger partial charge in [0.15, 0.2) is 0 Å². The molecule has 0 heterocycles. The van der Waals surface area contributed by atoms with E-state index in [0.717, 1.165) is 5.56 Å². The molecule has 92 valence electrons. The zero-order chi connectivity index (χ0) is 12.8. The molecule has 0 fully saturated rings. The molecule has 0 amide bonds. The van der Waals surface area contributed by atoms with Crippen LogP contribution in [0.4, 0.5) is 0 Å². The van der Waals surface area contributed by atoms with Crippen molar-refractivity contribution in [1.29, 1.82) is 0 Å². The van der Waals surface area contributed by atoms with E-state index in [1.54, 1.807) is 0 Å². The lowest BCUT2D eigenvalue weighted by molar-refractivity contribution is -0.485. The second-order valence-electron chi connectivity index (χ2n) is 4.64. The van der Waals surface area contributed by atoms with Crippen LogP contribution in [0.3, 0.4) is 0 Å². The Morgan fingerprint density at radius 1 is 1.29 bits per heavy atom. The molecule has 0 N–H and O–H groups in total. The highest BCUT2D eigenvalue weighted by molar-refractivity contribution is 5.67. The molecule has 0 unspecified atom stereocenters. The Labute approximate surface area is 102 Å². The number of allylic oxidation sites excluding steroid dienone is 1. The van der Waals surface area contributed by atoms with Crippen LogP contribution in [0.25, 0.3) is 5.57 Å². The maximum atomic E-state index is 10.5. The van der Waals surface area contributed by atoms with Gasteiger partial charge in [-0.25, -0.2) is 0 Å². The van der Waals surface area contributed by atoms with Crippen LogP contribution < -0.4 is 0 Å². The predicted molar refractivity (Wildman–Crippen MR) is 70.3 cm³/mol. The first kappa shape index (κ1) is 13.4. The van der Waals surface area contributed by atoms with Crippen molar-refractivity contribution in [3.63, 3.8) is 0 Å². The molecule has 0 bridgehead atoms. The average Bonchev–Trinajstić information content (AvgIpc) is 2.25. The van der Waals surface area contributed by atoms with Crippen molar-refractivity contribution in [3.8, 4) is 0 Å². The van der Waals surface area contributed by atoms with E-state index in [4.69, 9.17) is 0 Å². The van der Waals surface area contributed by atoms with E-state index in [1.165, 1.54) is 5.57 Å². The van der Waals surface area contributed by atoms with Crippen LogP contribution in [-0.4, -0.2) is 11.5 Å². The summed E-state index contributed by atoms with van der Waals surface area (Å²) in [5.41, 5.74) is 2.33. The summed E-state index contributed by atoms with van der Waals surface area (Å²) < 4.78 is 0. The minimum Gasteiger partial charge on any atom is -0.265 e. The highest BCUT2D eigenvalue weighted by Gasteiger charge is 2.11. The monoisotopic (exact) mass is 233 g/mol. The highest BCUT2D eigenvalue weighted by atomic mass is 16.6. The summed E-state index contributed by atoms with van der Waals surface area (Å²) in [6.45, 7) is 6.09. The maximum absolute atomic E-state index is 10.5. The van der Waals surface area contributed by atoms with Gasteiger partial charge in [0.05, 0.1) is 0 Å². The molecule has 1 rings (SSSR count). The number of rotatable bonds is 5. The molecule has 3 heteroatoms. The van der Waals surface area contributed by atoms with Crippen molar-refractivity contribution in [2.75, 3.05) is 6.54 Å². The average molecular weight is 233 g/mol. The molecule has 0 aliphatic rings. The van der Waals surface area contributed by atoms with Crippen LogP contribution >= 0.6 is 0 Å². The van der Waals surface area contributed by atoms with Crippen LogP contribution in [-0.2, 0) is 0 Å². The van der Waals surface area contributed by atoms with Gasteiger partial charge in [0.25, 0.3) is 0 Å². The molecule has 0 saturated heterocycles. The van der Waals surface area contributed by atoms with Gasteiger partial charge in [0, 0.05) is 10.8 Å². The van der Waals surface area contributed by atoms with Crippen molar-refractivity contribution in [2.24, 2.45) is 11.8 Å². The fraction of sp³-hybridized carbons (Fsp3) is 0.429. The molecule has 17 heavy (non-hydrogen) atoms. The van der Waals surface area contributed by atoms with E-state index in [-0.39, 0.29) is 17.4 Å². The zero-order valence-electron chi connectivity index (χ0n) is 10.6. The zero-order valence-corrected chi connectivity index (χ0v) is 10.6. The van der Waals surface area contributed by atoms with Crippen molar-refractivity contribution < 1.29 is 4.92 Å². The maximum Gasteiger partial charge on any atom is 0.209 e. The summed E-state index contributed by atoms with van der Waals surface area (Å²) in [4.78, 5) is 10.2. The number of hydrogen-bond acceptors (Lipinski definition) is 2. The van der Waals surface area contributed by atoms with E-state index in [9.17, 15) is 10.1 Å². The van der Waals surface area contributed by atoms with Crippen molar-refractivity contribution in [3.05, 3.63) is 52.1 Å². The third-order valence-corrected chi connectivity index (χ3v) is 2.63. The number of nitro groups is 1. The summed E-state index contributed by atoms with van der Waals surface area (Å²) in [6.07, 6.45) is 2.02. The summed E-state index contributed by atoms with van der Waals surface area (Å²) >= 11 is 0. The van der Waals surface area contributed by atoms with Crippen molar-refractivity contribution in [2.45, 2.75) is 20.8 Å². The van der Waals surface area contributed by atoms with E-state index in [0.29, 0.717) is 5.92 Å². The van der Waals surface area contributed by atoms with Crippen molar-refractivity contribution in [1.82, 2.24) is 0 Å². The summed E-state index contributed by atoms with van der Waals surface area (Å²) in [5, 5.41) is 10.5. The van der Waals surface area contributed by atoms with Gasteiger partial charge in [-0.1, -0.05) is 57.2 Å². The van der Waals surface area contributed by atoms with Gasteiger partial charge in [-0.15, -0.1) is 0 Å². The largest absolute Gasteiger partial charge is 0.265 e. The minimum atomic E-state index is -0.260. The first-order valence-electron chi connectivity index (χ1n) is 5.89. The van der Waals surface area contributed by atoms with E-state index < -0.39 is 0 Å². The molecule has 0 radical (unpaired) electrons. The van der Waals surface area contributed by atoms with Crippen LogP contribution in [0.15, 0.2) is 36.4 Å². The first-order chi connectivity index (χ1) is 8.00. The van der Waals surface area contributed by atoms with Crippen LogP contribution in [0.1, 0.15) is 26.3 Å². The van der Waals surface area contributed by atoms with Crippen LogP contribution in [0.5, 0.6) is 0 Å². The quantitative estimate of drug-likeness (QED) is 0.575. The van der Waals surface area contributed by atoms with Gasteiger partial charge in [0.2, 0.25) is 6.54 Å². The summed E-state index contributed by atoms with van der Waals surface area (Å²) in [7, 11) is 0. The molecule has 0 aliphatic carbocycles. The molecule has 0 aromatic heterocycles. The molecule has 3 nitrogen and oxygen atoms in total. The third kappa shape index (κ3) is 4.39. The number of benzene rings is 1. The highest BCUT2D eigenvalue weighted by Crippen LogP contribution is 2.24. The number of hydrogen-bond donors (Lipinski definition) is 0. The molecule has 0 saturated carbocycles. The SMILES string of the molecule is CC(C)/C(=C\[C@@H](C)C[N+](=O)[O-])c1ccccc1. The fourth-order valence-corrected chi connectivity index (χ4v) is 1.85. The van der Waals surface area contributed by atoms with Gasteiger partial charge in [-0.3, -0.25) is 10.1 Å². The second-order valence-corrected chi connectivity index (χ2v) is 4.64. The Morgan fingerprint density at radius 3 is 2.35 bits per heavy atom. The van der Waals surface area contributed by atoms with Crippen LogP contribution in [0, 0.1) is 22.0 Å². The van der Waals surface area contributed by atoms with Crippen molar-refractivity contribution >= 4 is 5.57 Å². The standard InChI is InChI=1S/C14H19NO2/c1-11(2)14(9-12(3)10-15(16)17)13-7-5-4-6-8-13/h4-9,11-12H,10H2,1-3H3/b14-9+/t12-/m1/s1. The summed E-state index contributed by atoms with van der Waals surface area (Å²) in [6, 6.07) is 10.0. The smallest absolute Gasteiger partial charge is 0.209 e. The molecule has 0 spiro atoms. The lowest BCUT2D eigenvalue weighted by Gasteiger charge is -2.13. The fourth-order valence-electron chi connectivity index (χ4n) is 1.85. The molecule has 1 atom stereocenters. The van der Waals surface area contributed by atoms with Gasteiger partial charge in [-0.05, 0) is 17.1 Å². The summed E-state index contributed by atoms with van der Waals surface area (Å²) in [5.74, 6) is 0.328. The Kier molecular flexibility index (Phi) is 4.88. The Bertz CT molecular complexity index is 396. The third-order valence-electron chi connectivity index (χ3n) is 2.63. The molecule has 1 aromatic rings. The first-order valence-corrected chi connectivity index (χ1v) is 5.89. The molecule has 0 aliphatic heterocycles. The molecular weight excluding hydrogens is 214 g/mol. The Hall–Kier alpha value is -1.64. The van der Waals surface area contributed by atoms with E-state index >= 15 is 0 Å². The lowest BCUT2D eigenvalue weighted by Crippen LogP contribution is -2.10. The Morgan fingerprint density at radius 2 is 1.88 bits per heavy atom. The van der Waals surface area contributed by atoms with Gasteiger partial charge >= 0.3 is 0 Å². The van der Waals surface area contributed by atoms with Gasteiger partial charge in [-0.2, -0.15) is 0 Å².